The number of nitrogens with two attached hydrogens (primary N) is 1. The Morgan fingerprint density at radius 1 is 1.32 bits per heavy atom. The molecule has 0 aliphatic carbocycles. The van der Waals surface area contributed by atoms with Gasteiger partial charge >= 0.3 is 12.0 Å². The van der Waals surface area contributed by atoms with Crippen LogP contribution in [0.5, 0.6) is 0 Å². The third kappa shape index (κ3) is 4.74. The van der Waals surface area contributed by atoms with Crippen molar-refractivity contribution in [2.24, 2.45) is 5.73 Å². The highest BCUT2D eigenvalue weighted by Gasteiger charge is 2.38. The van der Waals surface area contributed by atoms with Crippen LogP contribution >= 0.6 is 0 Å². The molecule has 8 heteroatoms. The molecule has 1 fully saturated rings. The molecule has 1 heterocycles. The number of carboxylic acids is 1. The molecule has 0 radical (unpaired) electrons. The molecule has 0 saturated carbocycles. The molecule has 0 unspecified atom stereocenters. The van der Waals surface area contributed by atoms with E-state index in [0.29, 0.717) is 19.4 Å². The number of carbonyl (C=O) groups is 3. The van der Waals surface area contributed by atoms with Gasteiger partial charge in [0.25, 0.3) is 0 Å². The summed E-state index contributed by atoms with van der Waals surface area (Å²) in [7, 11) is 0. The van der Waals surface area contributed by atoms with Gasteiger partial charge in [-0.1, -0.05) is 0 Å². The number of nitrogens with one attached hydrogen (secondary N) is 1. The first kappa shape index (κ1) is 15.2. The summed E-state index contributed by atoms with van der Waals surface area (Å²) in [6, 6.07) is -1.50. The maximum absolute atomic E-state index is 11.8. The number of aliphatic carboxylic acids is 1. The largest absolute Gasteiger partial charge is 0.480 e. The quantitative estimate of drug-likeness (QED) is 0.454. The Hall–Kier alpha value is -1.83. The molecular weight excluding hydrogens is 254 g/mol. The normalized spacial score (nSPS) is 22.3. The van der Waals surface area contributed by atoms with Crippen molar-refractivity contribution in [3.63, 3.8) is 0 Å². The standard InChI is InChI=1S/C11H19N3O5/c12-9(16)3-1-2-4-13-11(19)14-6-7(15)5-8(14)10(17)18/h7-8,15H,1-6H2,(H2,12,16)(H,13,19)(H,17,18)/t7-,8-/m1/s1. The Bertz CT molecular complexity index is 360. The minimum Gasteiger partial charge on any atom is -0.480 e. The number of rotatable bonds is 6. The monoisotopic (exact) mass is 273 g/mol. The fourth-order valence-corrected chi connectivity index (χ4v) is 1.99. The Labute approximate surface area is 110 Å². The van der Waals surface area contributed by atoms with E-state index in [0.717, 1.165) is 4.90 Å². The number of β-amino-alcohol motifs (C(OH)–C–C–N with tert-alkyl or cyclic N) is 1. The molecule has 1 aliphatic rings. The van der Waals surface area contributed by atoms with Crippen LogP contribution in [0.3, 0.4) is 0 Å². The zero-order valence-electron chi connectivity index (χ0n) is 10.5. The van der Waals surface area contributed by atoms with Crippen molar-refractivity contribution in [2.45, 2.75) is 37.8 Å². The van der Waals surface area contributed by atoms with Crippen molar-refractivity contribution >= 4 is 17.9 Å². The smallest absolute Gasteiger partial charge is 0.326 e. The molecule has 5 N–H and O–H groups in total. The summed E-state index contributed by atoms with van der Waals surface area (Å²) in [5.74, 6) is -1.51. The lowest BCUT2D eigenvalue weighted by Crippen LogP contribution is -2.46. The highest BCUT2D eigenvalue weighted by atomic mass is 16.4. The molecule has 3 amide bonds. The molecule has 2 atom stereocenters. The van der Waals surface area contributed by atoms with Gasteiger partial charge in [0.1, 0.15) is 6.04 Å². The van der Waals surface area contributed by atoms with Crippen LogP contribution in [0.4, 0.5) is 4.79 Å². The van der Waals surface area contributed by atoms with E-state index < -0.39 is 24.1 Å². The first-order chi connectivity index (χ1) is 8.91. The second-order valence-corrected chi connectivity index (χ2v) is 4.55. The van der Waals surface area contributed by atoms with Crippen molar-refractivity contribution < 1.29 is 24.6 Å². The number of hydrogen-bond acceptors (Lipinski definition) is 4. The van der Waals surface area contributed by atoms with E-state index in [-0.39, 0.29) is 25.3 Å². The lowest BCUT2D eigenvalue weighted by atomic mass is 10.2. The molecule has 0 aromatic rings. The minimum atomic E-state index is -1.12. The number of unbranched alkanes of at least 4 members (excludes halogenated alkanes) is 1. The molecule has 19 heavy (non-hydrogen) atoms. The van der Waals surface area contributed by atoms with Crippen molar-refractivity contribution in [3.8, 4) is 0 Å². The molecule has 0 aromatic heterocycles. The number of amides is 3. The van der Waals surface area contributed by atoms with Gasteiger partial charge in [-0.2, -0.15) is 0 Å². The number of aliphatic hydroxyl groups excluding tert-OH is 1. The summed E-state index contributed by atoms with van der Waals surface area (Å²) in [4.78, 5) is 34.3. The van der Waals surface area contributed by atoms with Crippen molar-refractivity contribution in [1.29, 1.82) is 0 Å². The maximum Gasteiger partial charge on any atom is 0.326 e. The summed E-state index contributed by atoms with van der Waals surface area (Å²) < 4.78 is 0. The Morgan fingerprint density at radius 3 is 2.58 bits per heavy atom. The van der Waals surface area contributed by atoms with Crippen LogP contribution in [0.1, 0.15) is 25.7 Å². The molecule has 0 spiro atoms. The predicted octanol–water partition coefficient (Wildman–Crippen LogP) is -1.13. The van der Waals surface area contributed by atoms with Gasteiger partial charge in [0.15, 0.2) is 0 Å². The van der Waals surface area contributed by atoms with Crippen LogP contribution in [-0.4, -0.2) is 58.3 Å². The van der Waals surface area contributed by atoms with E-state index in [9.17, 15) is 19.5 Å². The molecule has 1 rings (SSSR count). The first-order valence-electron chi connectivity index (χ1n) is 6.15. The average molecular weight is 273 g/mol. The molecule has 108 valence electrons. The number of hydrogen-bond donors (Lipinski definition) is 4. The molecule has 0 aromatic carbocycles. The second kappa shape index (κ2) is 6.93. The van der Waals surface area contributed by atoms with Gasteiger partial charge in [0, 0.05) is 25.9 Å². The van der Waals surface area contributed by atoms with Crippen molar-refractivity contribution in [2.75, 3.05) is 13.1 Å². The van der Waals surface area contributed by atoms with Crippen LogP contribution in [-0.2, 0) is 9.59 Å². The van der Waals surface area contributed by atoms with E-state index >= 15 is 0 Å². The van der Waals surface area contributed by atoms with Crippen LogP contribution in [0, 0.1) is 0 Å². The molecular formula is C11H19N3O5. The number of likely N-dealkylation sites (tertiary alicyclic amines) is 1. The Balaban J connectivity index is 2.32. The van der Waals surface area contributed by atoms with E-state index in [2.05, 4.69) is 5.32 Å². The van der Waals surface area contributed by atoms with E-state index in [1.54, 1.807) is 0 Å². The average Bonchev–Trinajstić information content (AvgIpc) is 2.70. The number of aliphatic hydroxyl groups is 1. The van der Waals surface area contributed by atoms with E-state index in [4.69, 9.17) is 10.8 Å². The van der Waals surface area contributed by atoms with Crippen LogP contribution in [0.25, 0.3) is 0 Å². The number of nitrogens with zero attached hydrogens (tertiary/aromatic N) is 1. The number of carbonyl (C=O) groups excluding carboxylic acids is 2. The van der Waals surface area contributed by atoms with Crippen LogP contribution in [0.15, 0.2) is 0 Å². The molecule has 1 saturated heterocycles. The summed E-state index contributed by atoms with van der Waals surface area (Å²) in [5.41, 5.74) is 4.97. The predicted molar refractivity (Wildman–Crippen MR) is 65.2 cm³/mol. The summed E-state index contributed by atoms with van der Waals surface area (Å²) in [6.45, 7) is 0.356. The number of urea groups is 1. The fourth-order valence-electron chi connectivity index (χ4n) is 1.99. The zero-order valence-corrected chi connectivity index (χ0v) is 10.5. The van der Waals surface area contributed by atoms with Gasteiger partial charge in [-0.05, 0) is 12.8 Å². The number of carboxylic acid groups (broad SMARTS) is 1. The van der Waals surface area contributed by atoms with E-state index in [1.807, 2.05) is 0 Å². The van der Waals surface area contributed by atoms with Gasteiger partial charge in [-0.25, -0.2) is 9.59 Å². The topological polar surface area (TPSA) is 133 Å². The van der Waals surface area contributed by atoms with Gasteiger partial charge in [0.2, 0.25) is 5.91 Å². The van der Waals surface area contributed by atoms with Gasteiger partial charge in [-0.15, -0.1) is 0 Å². The summed E-state index contributed by atoms with van der Waals surface area (Å²) in [5, 5.41) is 20.9. The SMILES string of the molecule is NC(=O)CCCCNC(=O)N1C[C@H](O)C[C@@H]1C(=O)O. The molecule has 0 bridgehead atoms. The third-order valence-corrected chi connectivity index (χ3v) is 2.95. The lowest BCUT2D eigenvalue weighted by molar-refractivity contribution is -0.141. The van der Waals surface area contributed by atoms with Crippen molar-refractivity contribution in [3.05, 3.63) is 0 Å². The highest BCUT2D eigenvalue weighted by Crippen LogP contribution is 2.18. The fraction of sp³-hybridized carbons (Fsp3) is 0.727. The van der Waals surface area contributed by atoms with Crippen LogP contribution in [0.2, 0.25) is 0 Å². The van der Waals surface area contributed by atoms with Gasteiger partial charge in [0.05, 0.1) is 6.10 Å². The molecule has 1 aliphatic heterocycles. The van der Waals surface area contributed by atoms with Gasteiger partial charge < -0.3 is 26.2 Å². The van der Waals surface area contributed by atoms with Crippen molar-refractivity contribution in [1.82, 2.24) is 10.2 Å². The van der Waals surface area contributed by atoms with E-state index in [1.165, 1.54) is 0 Å². The minimum absolute atomic E-state index is 0.0179. The highest BCUT2D eigenvalue weighted by molar-refractivity contribution is 5.83. The maximum atomic E-state index is 11.8. The second-order valence-electron chi connectivity index (χ2n) is 4.55. The molecule has 8 nitrogen and oxygen atoms in total. The third-order valence-electron chi connectivity index (χ3n) is 2.95. The zero-order chi connectivity index (χ0) is 14.4. The lowest BCUT2D eigenvalue weighted by Gasteiger charge is -2.21. The summed E-state index contributed by atoms with van der Waals surface area (Å²) in [6.07, 6.45) is 0.658. The Morgan fingerprint density at radius 2 is 2.00 bits per heavy atom. The Kier molecular flexibility index (Phi) is 5.56. The first-order valence-corrected chi connectivity index (χ1v) is 6.15. The summed E-state index contributed by atoms with van der Waals surface area (Å²) >= 11 is 0. The number of primary amides is 1. The van der Waals surface area contributed by atoms with Gasteiger partial charge in [-0.3, -0.25) is 4.79 Å². The van der Waals surface area contributed by atoms with Crippen LogP contribution < -0.4 is 11.1 Å².